The second kappa shape index (κ2) is 18.4. The van der Waals surface area contributed by atoms with E-state index < -0.39 is 0 Å². The summed E-state index contributed by atoms with van der Waals surface area (Å²) < 4.78 is 0. The number of hydrogen-bond donors (Lipinski definition) is 1. The van der Waals surface area contributed by atoms with E-state index in [1.165, 1.54) is 11.1 Å². The van der Waals surface area contributed by atoms with E-state index in [-0.39, 0.29) is 0 Å². The first-order chi connectivity index (χ1) is 10.2. The molecule has 2 N–H and O–H groups in total. The van der Waals surface area contributed by atoms with Gasteiger partial charge in [-0.3, -0.25) is 0 Å². The van der Waals surface area contributed by atoms with Gasteiger partial charge in [0.25, 0.3) is 0 Å². The Morgan fingerprint density at radius 3 is 1.33 bits per heavy atom. The minimum atomic E-state index is 0.819. The van der Waals surface area contributed by atoms with Crippen molar-refractivity contribution in [1.82, 2.24) is 0 Å². The minimum absolute atomic E-state index is 0.819. The van der Waals surface area contributed by atoms with Crippen LogP contribution >= 0.6 is 0 Å². The predicted octanol–water partition coefficient (Wildman–Crippen LogP) is 5.63. The lowest BCUT2D eigenvalue weighted by molar-refractivity contribution is 0.932. The molecule has 2 aromatic rings. The summed E-state index contributed by atoms with van der Waals surface area (Å²) >= 11 is 0. The first-order valence-corrected chi connectivity index (χ1v) is 8.00. The van der Waals surface area contributed by atoms with Gasteiger partial charge in [-0.05, 0) is 31.9 Å². The van der Waals surface area contributed by atoms with Crippen molar-refractivity contribution in [1.29, 1.82) is 0 Å². The predicted molar refractivity (Wildman–Crippen MR) is 97.7 cm³/mol. The molecule has 0 saturated carbocycles. The third-order valence-corrected chi connectivity index (χ3v) is 2.48. The van der Waals surface area contributed by atoms with Crippen LogP contribution in [0.5, 0.6) is 0 Å². The van der Waals surface area contributed by atoms with Crippen LogP contribution in [0.3, 0.4) is 0 Å². The monoisotopic (exact) mass is 287 g/mol. The van der Waals surface area contributed by atoms with E-state index in [0.29, 0.717) is 0 Å². The van der Waals surface area contributed by atoms with Crippen molar-refractivity contribution >= 4 is 0 Å². The Morgan fingerprint density at radius 2 is 1.14 bits per heavy atom. The second-order valence-electron chi connectivity index (χ2n) is 4.28. The van der Waals surface area contributed by atoms with Gasteiger partial charge in [0, 0.05) is 0 Å². The van der Waals surface area contributed by atoms with Gasteiger partial charge in [0.1, 0.15) is 0 Å². The average Bonchev–Trinajstić information content (AvgIpc) is 2.59. The number of aryl methyl sites for hydroxylation is 2. The molecule has 0 atom stereocenters. The molecule has 0 spiro atoms. The van der Waals surface area contributed by atoms with E-state index >= 15 is 0 Å². The van der Waals surface area contributed by atoms with Gasteiger partial charge in [0.15, 0.2) is 0 Å². The molecule has 0 aliphatic heterocycles. The lowest BCUT2D eigenvalue weighted by Gasteiger charge is -1.89. The van der Waals surface area contributed by atoms with Crippen LogP contribution in [-0.2, 0) is 6.42 Å². The van der Waals surface area contributed by atoms with Crippen molar-refractivity contribution < 1.29 is 0 Å². The quantitative estimate of drug-likeness (QED) is 0.761. The normalized spacial score (nSPS) is 8.10. The van der Waals surface area contributed by atoms with E-state index in [9.17, 15) is 0 Å². The molecule has 2 aromatic carbocycles. The Morgan fingerprint density at radius 1 is 0.762 bits per heavy atom. The van der Waals surface area contributed by atoms with Gasteiger partial charge in [0.2, 0.25) is 0 Å². The molecular formula is C20H33N. The topological polar surface area (TPSA) is 26.0 Å². The fourth-order valence-electron chi connectivity index (χ4n) is 1.25. The maximum Gasteiger partial charge on any atom is -0.00799 e. The lowest BCUT2D eigenvalue weighted by atomic mass is 10.2. The van der Waals surface area contributed by atoms with Crippen molar-refractivity contribution in [3.05, 3.63) is 71.8 Å². The van der Waals surface area contributed by atoms with E-state index in [1.54, 1.807) is 0 Å². The maximum absolute atomic E-state index is 5.03. The van der Waals surface area contributed by atoms with E-state index in [0.717, 1.165) is 19.4 Å². The first kappa shape index (κ1) is 21.7. The average molecular weight is 287 g/mol. The smallest absolute Gasteiger partial charge is 0.00799 e. The van der Waals surface area contributed by atoms with Crippen molar-refractivity contribution in [3.8, 4) is 0 Å². The standard InChI is InChI=1S/C8H10.C7H8.C3H9N.C2H6/c1-2-8-6-4-3-5-7-8;1-7-5-3-2-4-6-7;1-2-3-4;1-2/h3-7H,2H2,1H3;2-6H,1H3;2-4H2,1H3;1-2H3. The second-order valence-corrected chi connectivity index (χ2v) is 4.28. The summed E-state index contributed by atoms with van der Waals surface area (Å²) in [5.74, 6) is 0. The van der Waals surface area contributed by atoms with Crippen LogP contribution < -0.4 is 5.73 Å². The molecule has 0 amide bonds. The highest BCUT2D eigenvalue weighted by molar-refractivity contribution is 5.14. The highest BCUT2D eigenvalue weighted by Crippen LogP contribution is 1.96. The van der Waals surface area contributed by atoms with Crippen molar-refractivity contribution in [2.75, 3.05) is 6.54 Å². The van der Waals surface area contributed by atoms with E-state index in [2.05, 4.69) is 57.2 Å². The van der Waals surface area contributed by atoms with Crippen LogP contribution in [0.4, 0.5) is 0 Å². The summed E-state index contributed by atoms with van der Waals surface area (Å²) in [6, 6.07) is 20.7. The molecular weight excluding hydrogens is 254 g/mol. The van der Waals surface area contributed by atoms with Crippen LogP contribution in [0.25, 0.3) is 0 Å². The van der Waals surface area contributed by atoms with Crippen LogP contribution in [0.2, 0.25) is 0 Å². The summed E-state index contributed by atoms with van der Waals surface area (Å²) in [4.78, 5) is 0. The third-order valence-electron chi connectivity index (χ3n) is 2.48. The molecule has 0 fully saturated rings. The fourth-order valence-corrected chi connectivity index (χ4v) is 1.25. The molecule has 1 heteroatoms. The molecule has 21 heavy (non-hydrogen) atoms. The zero-order valence-corrected chi connectivity index (χ0v) is 14.5. The highest BCUT2D eigenvalue weighted by Gasteiger charge is 1.80. The molecule has 1 nitrogen and oxygen atoms in total. The fraction of sp³-hybridized carbons (Fsp3) is 0.400. The Kier molecular flexibility index (Phi) is 19.0. The molecule has 0 radical (unpaired) electrons. The molecule has 0 aliphatic carbocycles. The van der Waals surface area contributed by atoms with Crippen LogP contribution in [0.1, 0.15) is 45.2 Å². The van der Waals surface area contributed by atoms with Gasteiger partial charge in [-0.2, -0.15) is 0 Å². The summed E-state index contributed by atoms with van der Waals surface area (Å²) in [7, 11) is 0. The van der Waals surface area contributed by atoms with Crippen LogP contribution in [-0.4, -0.2) is 6.54 Å². The summed E-state index contributed by atoms with van der Waals surface area (Å²) in [6.45, 7) is 11.1. The van der Waals surface area contributed by atoms with Gasteiger partial charge in [0.05, 0.1) is 0 Å². The zero-order chi connectivity index (χ0) is 16.3. The lowest BCUT2D eigenvalue weighted by Crippen LogP contribution is -1.93. The van der Waals surface area contributed by atoms with Gasteiger partial charge < -0.3 is 5.73 Å². The van der Waals surface area contributed by atoms with Gasteiger partial charge >= 0.3 is 0 Å². The number of rotatable bonds is 2. The maximum atomic E-state index is 5.03. The van der Waals surface area contributed by atoms with E-state index in [1.807, 2.05) is 38.1 Å². The molecule has 118 valence electrons. The molecule has 0 aliphatic rings. The van der Waals surface area contributed by atoms with Crippen molar-refractivity contribution in [2.24, 2.45) is 5.73 Å². The molecule has 0 unspecified atom stereocenters. The molecule has 0 heterocycles. The number of nitrogens with two attached hydrogens (primary N) is 1. The largest absolute Gasteiger partial charge is 0.330 e. The summed E-state index contributed by atoms with van der Waals surface area (Å²) in [6.07, 6.45) is 2.24. The Hall–Kier alpha value is -1.60. The Labute approximate surface area is 132 Å². The number of hydrogen-bond acceptors (Lipinski definition) is 1. The number of benzene rings is 2. The van der Waals surface area contributed by atoms with Gasteiger partial charge in [-0.1, -0.05) is 93.9 Å². The van der Waals surface area contributed by atoms with Gasteiger partial charge in [-0.15, -0.1) is 0 Å². The highest BCUT2D eigenvalue weighted by atomic mass is 14.5. The SMILES string of the molecule is CC.CCCN.CCc1ccccc1.Cc1ccccc1. The molecule has 0 bridgehead atoms. The van der Waals surface area contributed by atoms with Crippen molar-refractivity contribution in [2.45, 2.75) is 47.5 Å². The molecule has 0 saturated heterocycles. The Bertz CT molecular complexity index is 379. The first-order valence-electron chi connectivity index (χ1n) is 8.00. The zero-order valence-electron chi connectivity index (χ0n) is 14.5. The van der Waals surface area contributed by atoms with Crippen molar-refractivity contribution in [3.63, 3.8) is 0 Å². The van der Waals surface area contributed by atoms with Crippen LogP contribution in [0.15, 0.2) is 60.7 Å². The van der Waals surface area contributed by atoms with Crippen LogP contribution in [0, 0.1) is 6.92 Å². The molecule has 0 aromatic heterocycles. The van der Waals surface area contributed by atoms with Gasteiger partial charge in [-0.25, -0.2) is 0 Å². The minimum Gasteiger partial charge on any atom is -0.330 e. The van der Waals surface area contributed by atoms with E-state index in [4.69, 9.17) is 5.73 Å². The summed E-state index contributed by atoms with van der Waals surface area (Å²) in [5, 5.41) is 0. The molecule has 2 rings (SSSR count). The Balaban J connectivity index is 0. The summed E-state index contributed by atoms with van der Waals surface area (Å²) in [5.41, 5.74) is 7.76. The third kappa shape index (κ3) is 16.3.